The molecule has 0 aromatic rings. The van der Waals surface area contributed by atoms with Gasteiger partial charge in [0.2, 0.25) is 0 Å². The lowest BCUT2D eigenvalue weighted by molar-refractivity contribution is 0.135. The predicted octanol–water partition coefficient (Wildman–Crippen LogP) is 1.32. The Morgan fingerprint density at radius 3 is 0.438 bits per heavy atom. The highest BCUT2D eigenvalue weighted by Crippen LogP contribution is 1.43. The lowest BCUT2D eigenvalue weighted by atomic mass is 11.5. The number of carbonyl (C=O) groups is 3. The lowest BCUT2D eigenvalue weighted by Gasteiger charge is -1.60. The van der Waals surface area contributed by atoms with Crippen molar-refractivity contribution in [2.45, 2.75) is 0 Å². The van der Waals surface area contributed by atoms with Crippen molar-refractivity contribution in [2.24, 2.45) is 0 Å². The van der Waals surface area contributed by atoms with Gasteiger partial charge in [0.15, 0.2) is 0 Å². The molecule has 0 aromatic heterocycles. The summed E-state index contributed by atoms with van der Waals surface area (Å²) in [5, 5.41) is 41.8. The van der Waals surface area contributed by atoms with Crippen LogP contribution in [0.3, 0.4) is 0 Å². The van der Waals surface area contributed by atoms with Gasteiger partial charge in [-0.15, -0.1) is 0 Å². The lowest BCUT2D eigenvalue weighted by Crippen LogP contribution is -1.81. The van der Waals surface area contributed by atoms with Gasteiger partial charge >= 0.3 is 18.5 Å². The third-order valence-corrected chi connectivity index (χ3v) is 0. The number of rotatable bonds is 0. The molecule has 0 rings (SSSR count). The van der Waals surface area contributed by atoms with Crippen LogP contribution in [0.25, 0.3) is 0 Å². The fourth-order valence-corrected chi connectivity index (χ4v) is 0. The first-order valence-electron chi connectivity index (χ1n) is 1.95. The van der Waals surface area contributed by atoms with E-state index in [9.17, 15) is 0 Å². The highest BCUT2D eigenvalue weighted by molar-refractivity contribution is 5.53. The summed E-state index contributed by atoms with van der Waals surface area (Å²) in [7, 11) is 0. The highest BCUT2D eigenvalue weighted by Gasteiger charge is 1.70. The van der Waals surface area contributed by atoms with Gasteiger partial charge in [0.05, 0.1) is 0 Å². The molecule has 0 saturated carbocycles. The van der Waals surface area contributed by atoms with E-state index in [0.29, 0.717) is 0 Å². The third-order valence-electron chi connectivity index (χ3n) is 0. The summed E-state index contributed by atoms with van der Waals surface area (Å²) in [5.41, 5.74) is 0. The van der Waals surface area contributed by atoms with E-state index in [1.165, 1.54) is 0 Å². The van der Waals surface area contributed by atoms with Gasteiger partial charge in [0.25, 0.3) is 0 Å². The van der Waals surface area contributed by atoms with E-state index in [4.69, 9.17) is 45.0 Å². The first kappa shape index (κ1) is 49.4. The van der Waals surface area contributed by atoms with Gasteiger partial charge in [-0.25, -0.2) is 14.4 Å². The minimum absolute atomic E-state index is 0. The molecule has 0 atom stereocenters. The van der Waals surface area contributed by atoms with Gasteiger partial charge in [0.1, 0.15) is 0 Å². The van der Waals surface area contributed by atoms with Crippen molar-refractivity contribution in [3.05, 3.63) is 0 Å². The maximum atomic E-state index is 8.56. The Bertz CT molecular complexity index is 120. The van der Waals surface area contributed by atoms with Crippen LogP contribution in [0.15, 0.2) is 0 Å². The van der Waals surface area contributed by atoms with E-state index in [1.807, 2.05) is 0 Å². The molecule has 0 saturated heterocycles. The van der Waals surface area contributed by atoms with Gasteiger partial charge in [-0.3, -0.25) is 0 Å². The van der Waals surface area contributed by atoms with Crippen molar-refractivity contribution in [1.29, 1.82) is 0 Å². The summed E-state index contributed by atoms with van der Waals surface area (Å²) in [5.74, 6) is 0. The van der Waals surface area contributed by atoms with Crippen molar-refractivity contribution in [3.63, 3.8) is 0 Å². The smallest absolute Gasteiger partial charge is 0.450 e. The maximum absolute atomic E-state index is 8.56. The van der Waals surface area contributed by atoms with Crippen molar-refractivity contribution in [2.75, 3.05) is 0 Å². The average Bonchev–Trinajstić information content (AvgIpc) is 1.54. The van der Waals surface area contributed by atoms with Crippen molar-refractivity contribution >= 4 is 18.5 Å². The second-order valence-corrected chi connectivity index (χ2v) is 0.848. The largest absolute Gasteiger partial charge is 0.503 e. The van der Waals surface area contributed by atoms with Gasteiger partial charge in [-0.05, 0) is 0 Å². The van der Waals surface area contributed by atoms with Crippen LogP contribution in [0.1, 0.15) is 0 Å². The van der Waals surface area contributed by atoms with E-state index in [2.05, 4.69) is 0 Å². The first-order valence-corrected chi connectivity index (χ1v) is 1.95. The molecule has 0 unspecified atom stereocenters. The fraction of sp³-hybridized carbons (Fsp3) is 0. The molecule has 0 amide bonds. The molecule has 0 radical (unpaired) electrons. The zero-order valence-corrected chi connectivity index (χ0v) is 8.24. The summed E-state index contributed by atoms with van der Waals surface area (Å²) in [6.45, 7) is 0. The molecular weight excluding hydrogens is 236 g/mol. The quantitative estimate of drug-likeness (QED) is 0.291. The van der Waals surface area contributed by atoms with Crippen LogP contribution in [0.4, 0.5) is 14.4 Å². The summed E-state index contributed by atoms with van der Waals surface area (Å²) in [6, 6.07) is 0. The molecule has 16 heavy (non-hydrogen) atoms. The molecule has 13 nitrogen and oxygen atoms in total. The SMILES string of the molecule is N.N.N.N.O=C(O)O.O=C(O)O.O=C(O)O. The number of hydrogen-bond donors (Lipinski definition) is 10. The van der Waals surface area contributed by atoms with Gasteiger partial charge in [-0.2, -0.15) is 0 Å². The van der Waals surface area contributed by atoms with E-state index in [1.54, 1.807) is 0 Å². The predicted molar refractivity (Wildman–Crippen MR) is 52.0 cm³/mol. The molecule has 0 aliphatic rings. The van der Waals surface area contributed by atoms with Crippen LogP contribution in [0.5, 0.6) is 0 Å². The average molecular weight is 254 g/mol. The van der Waals surface area contributed by atoms with Gasteiger partial charge in [-0.1, -0.05) is 0 Å². The number of hydrogen-bond acceptors (Lipinski definition) is 7. The summed E-state index contributed by atoms with van der Waals surface area (Å²) >= 11 is 0. The van der Waals surface area contributed by atoms with Crippen LogP contribution >= 0.6 is 0 Å². The van der Waals surface area contributed by atoms with E-state index in [-0.39, 0.29) is 24.6 Å². The van der Waals surface area contributed by atoms with E-state index < -0.39 is 18.5 Å². The van der Waals surface area contributed by atoms with Crippen LogP contribution in [0, 0.1) is 0 Å². The Morgan fingerprint density at radius 1 is 0.438 bits per heavy atom. The molecular formula is C3H18N4O9. The molecule has 18 N–H and O–H groups in total. The summed E-state index contributed by atoms with van der Waals surface area (Å²) in [4.78, 5) is 25.7. The third kappa shape index (κ3) is 239. The standard InChI is InChI=1S/3CH2O3.4H3N/c3*2-1(3)4;;;;/h3*(H2,2,3,4);4*1H3. The molecule has 0 fully saturated rings. The second-order valence-electron chi connectivity index (χ2n) is 0.848. The molecule has 104 valence electrons. The Balaban J connectivity index is -0.0000000135. The van der Waals surface area contributed by atoms with Crippen molar-refractivity contribution < 1.29 is 45.0 Å². The minimum Gasteiger partial charge on any atom is -0.450 e. The van der Waals surface area contributed by atoms with E-state index >= 15 is 0 Å². The topological polar surface area (TPSA) is 313 Å². The molecule has 0 aliphatic carbocycles. The highest BCUT2D eigenvalue weighted by atomic mass is 16.6. The Morgan fingerprint density at radius 2 is 0.438 bits per heavy atom. The Labute approximate surface area is 89.3 Å². The van der Waals surface area contributed by atoms with Crippen LogP contribution in [-0.4, -0.2) is 49.1 Å². The zero-order chi connectivity index (χ0) is 10.7. The zero-order valence-electron chi connectivity index (χ0n) is 8.24. The summed E-state index contributed by atoms with van der Waals surface area (Å²) in [6.07, 6.45) is -5.50. The summed E-state index contributed by atoms with van der Waals surface area (Å²) < 4.78 is 0. The molecule has 0 bridgehead atoms. The van der Waals surface area contributed by atoms with Crippen molar-refractivity contribution in [3.8, 4) is 0 Å². The normalized spacial score (nSPS) is 4.50. The fourth-order valence-electron chi connectivity index (χ4n) is 0. The molecule has 0 aliphatic heterocycles. The Hall–Kier alpha value is -2.35. The van der Waals surface area contributed by atoms with Crippen LogP contribution in [-0.2, 0) is 0 Å². The van der Waals surface area contributed by atoms with Gasteiger partial charge in [0, 0.05) is 0 Å². The molecule has 0 aromatic carbocycles. The maximum Gasteiger partial charge on any atom is 0.503 e. The number of carboxylic acid groups (broad SMARTS) is 6. The van der Waals surface area contributed by atoms with Gasteiger partial charge < -0.3 is 55.2 Å². The molecule has 0 heterocycles. The molecule has 0 spiro atoms. The van der Waals surface area contributed by atoms with Crippen LogP contribution in [0.2, 0.25) is 0 Å². The van der Waals surface area contributed by atoms with Crippen molar-refractivity contribution in [1.82, 2.24) is 24.6 Å². The monoisotopic (exact) mass is 254 g/mol. The molecule has 13 heteroatoms. The Kier molecular flexibility index (Phi) is 120. The van der Waals surface area contributed by atoms with E-state index in [0.717, 1.165) is 0 Å². The minimum atomic E-state index is -1.83. The second kappa shape index (κ2) is 38.8. The first-order chi connectivity index (χ1) is 5.20. The van der Waals surface area contributed by atoms with Crippen LogP contribution < -0.4 is 24.6 Å².